The molecule has 2 aromatic rings. The van der Waals surface area contributed by atoms with Crippen LogP contribution < -0.4 is 5.32 Å². The van der Waals surface area contributed by atoms with E-state index in [1.54, 1.807) is 12.4 Å². The quantitative estimate of drug-likeness (QED) is 0.807. The van der Waals surface area contributed by atoms with Crippen molar-refractivity contribution in [2.45, 2.75) is 19.9 Å². The Kier molecular flexibility index (Phi) is 3.67. The van der Waals surface area contributed by atoms with Gasteiger partial charge in [-0.15, -0.1) is 0 Å². The van der Waals surface area contributed by atoms with Gasteiger partial charge in [-0.3, -0.25) is 4.98 Å². The van der Waals surface area contributed by atoms with Crippen LogP contribution in [0.5, 0.6) is 0 Å². The van der Waals surface area contributed by atoms with E-state index in [2.05, 4.69) is 15.3 Å². The molecule has 0 atom stereocenters. The molecule has 1 heterocycles. The maximum Gasteiger partial charge on any atom is 0.0922 e. The van der Waals surface area contributed by atoms with Crippen LogP contribution in [0.3, 0.4) is 0 Å². The maximum atomic E-state index is 7.45. The highest BCUT2D eigenvalue weighted by Gasteiger charge is 2.03. The number of nitrogens with one attached hydrogen (secondary N) is 2. The largest absolute Gasteiger partial charge is 0.388 e. The molecule has 0 spiro atoms. The minimum Gasteiger partial charge on any atom is -0.388 e. The Bertz CT molecular complexity index is 587. The molecular weight excluding hydrogens is 224 g/mol. The Morgan fingerprint density at radius 1 is 1.28 bits per heavy atom. The van der Waals surface area contributed by atoms with E-state index in [0.29, 0.717) is 11.7 Å². The third kappa shape index (κ3) is 2.71. The van der Waals surface area contributed by atoms with E-state index in [0.717, 1.165) is 16.6 Å². The summed E-state index contributed by atoms with van der Waals surface area (Å²) in [6.07, 6.45) is 4.78. The predicted molar refractivity (Wildman–Crippen MR) is 74.6 cm³/mol. The summed E-state index contributed by atoms with van der Waals surface area (Å²) < 4.78 is 0. The molecule has 0 saturated carbocycles. The Morgan fingerprint density at radius 2 is 2.00 bits per heavy atom. The van der Waals surface area contributed by atoms with Gasteiger partial charge in [-0.05, 0) is 26.0 Å². The number of nitrogens with zero attached hydrogens (tertiary/aromatic N) is 2. The molecule has 0 aliphatic carbocycles. The van der Waals surface area contributed by atoms with Crippen LogP contribution in [-0.4, -0.2) is 22.2 Å². The molecule has 2 rings (SSSR count). The molecule has 2 N–H and O–H groups in total. The molecule has 18 heavy (non-hydrogen) atoms. The molecule has 0 aliphatic rings. The van der Waals surface area contributed by atoms with Crippen molar-refractivity contribution < 1.29 is 0 Å². The second-order valence-electron chi connectivity index (χ2n) is 4.31. The van der Waals surface area contributed by atoms with Gasteiger partial charge in [-0.2, -0.15) is 0 Å². The standard InChI is InChI=1S/C14H16N4/c1-10(2)16-8-11(7-15)14-9-17-12-5-3-4-6-13(12)18-14/h3-10,15-16H,1-2H3/b11-8+,15-7?. The lowest BCUT2D eigenvalue weighted by Gasteiger charge is -2.07. The normalized spacial score (nSPS) is 11.8. The molecule has 0 saturated heterocycles. The fourth-order valence-corrected chi connectivity index (χ4v) is 1.54. The van der Waals surface area contributed by atoms with Gasteiger partial charge >= 0.3 is 0 Å². The molecule has 0 bridgehead atoms. The first-order chi connectivity index (χ1) is 8.70. The van der Waals surface area contributed by atoms with Gasteiger partial charge in [0.15, 0.2) is 0 Å². The van der Waals surface area contributed by atoms with Crippen LogP contribution in [0.1, 0.15) is 19.5 Å². The summed E-state index contributed by atoms with van der Waals surface area (Å²) in [7, 11) is 0. The van der Waals surface area contributed by atoms with Crippen LogP contribution in [0.15, 0.2) is 36.7 Å². The average Bonchev–Trinajstić information content (AvgIpc) is 2.39. The van der Waals surface area contributed by atoms with Crippen molar-refractivity contribution in [2.24, 2.45) is 0 Å². The molecule has 0 fully saturated rings. The first-order valence-corrected chi connectivity index (χ1v) is 5.89. The molecule has 0 amide bonds. The van der Waals surface area contributed by atoms with E-state index in [9.17, 15) is 0 Å². The molecule has 4 heteroatoms. The van der Waals surface area contributed by atoms with Gasteiger partial charge in [-0.1, -0.05) is 12.1 Å². The topological polar surface area (TPSA) is 61.7 Å². The second kappa shape index (κ2) is 5.40. The minimum absolute atomic E-state index is 0.327. The third-order valence-electron chi connectivity index (χ3n) is 2.47. The molecule has 1 aromatic heterocycles. The van der Waals surface area contributed by atoms with Gasteiger partial charge in [0.1, 0.15) is 0 Å². The van der Waals surface area contributed by atoms with Crippen molar-refractivity contribution in [3.63, 3.8) is 0 Å². The zero-order chi connectivity index (χ0) is 13.0. The Balaban J connectivity index is 2.39. The summed E-state index contributed by atoms with van der Waals surface area (Å²) in [4.78, 5) is 8.84. The number of hydrogen-bond acceptors (Lipinski definition) is 4. The zero-order valence-corrected chi connectivity index (χ0v) is 10.5. The van der Waals surface area contributed by atoms with Crippen molar-refractivity contribution in [1.29, 1.82) is 5.41 Å². The summed E-state index contributed by atoms with van der Waals surface area (Å²) in [6, 6.07) is 8.04. The first kappa shape index (κ1) is 12.2. The summed E-state index contributed by atoms with van der Waals surface area (Å²) in [6.45, 7) is 4.09. The van der Waals surface area contributed by atoms with Gasteiger partial charge in [0.05, 0.1) is 22.9 Å². The van der Waals surface area contributed by atoms with Gasteiger partial charge < -0.3 is 10.7 Å². The number of benzene rings is 1. The van der Waals surface area contributed by atoms with Gasteiger partial charge in [0, 0.05) is 24.0 Å². The number of hydrogen-bond donors (Lipinski definition) is 2. The van der Waals surface area contributed by atoms with E-state index in [1.807, 2.05) is 38.1 Å². The maximum absolute atomic E-state index is 7.45. The first-order valence-electron chi connectivity index (χ1n) is 5.89. The van der Waals surface area contributed by atoms with Crippen LogP contribution in [0, 0.1) is 5.41 Å². The highest BCUT2D eigenvalue weighted by atomic mass is 14.9. The highest BCUT2D eigenvalue weighted by molar-refractivity contribution is 6.07. The van der Waals surface area contributed by atoms with Crippen LogP contribution in [0.25, 0.3) is 16.6 Å². The minimum atomic E-state index is 0.327. The van der Waals surface area contributed by atoms with Crippen LogP contribution in [0.4, 0.5) is 0 Å². The van der Waals surface area contributed by atoms with Gasteiger partial charge in [-0.25, -0.2) is 4.98 Å². The lowest BCUT2D eigenvalue weighted by Crippen LogP contribution is -2.16. The molecule has 0 aliphatic heterocycles. The summed E-state index contributed by atoms with van der Waals surface area (Å²) >= 11 is 0. The smallest absolute Gasteiger partial charge is 0.0922 e. The van der Waals surface area contributed by atoms with Crippen LogP contribution in [0.2, 0.25) is 0 Å². The SMILES string of the molecule is CC(C)N/C=C(\C=N)c1cnc2ccccc2n1. The monoisotopic (exact) mass is 240 g/mol. The number of rotatable bonds is 4. The van der Waals surface area contributed by atoms with Gasteiger partial charge in [0.2, 0.25) is 0 Å². The van der Waals surface area contributed by atoms with E-state index < -0.39 is 0 Å². The molecular formula is C14H16N4. The summed E-state index contributed by atoms with van der Waals surface area (Å²) in [5.74, 6) is 0. The molecule has 4 nitrogen and oxygen atoms in total. The molecule has 0 unspecified atom stereocenters. The lowest BCUT2D eigenvalue weighted by atomic mass is 10.2. The lowest BCUT2D eigenvalue weighted by molar-refractivity contribution is 0.704. The number of para-hydroxylation sites is 2. The van der Waals surface area contributed by atoms with E-state index in [4.69, 9.17) is 5.41 Å². The van der Waals surface area contributed by atoms with Crippen molar-refractivity contribution in [1.82, 2.24) is 15.3 Å². The molecule has 0 radical (unpaired) electrons. The number of aromatic nitrogens is 2. The van der Waals surface area contributed by atoms with Crippen molar-refractivity contribution in [3.8, 4) is 0 Å². The number of fused-ring (bicyclic) bond motifs is 1. The average molecular weight is 240 g/mol. The van der Waals surface area contributed by atoms with Crippen molar-refractivity contribution in [2.75, 3.05) is 0 Å². The van der Waals surface area contributed by atoms with E-state index in [-0.39, 0.29) is 0 Å². The Morgan fingerprint density at radius 3 is 2.67 bits per heavy atom. The molecule has 92 valence electrons. The second-order valence-corrected chi connectivity index (χ2v) is 4.31. The Labute approximate surface area is 106 Å². The van der Waals surface area contributed by atoms with Crippen LogP contribution >= 0.6 is 0 Å². The zero-order valence-electron chi connectivity index (χ0n) is 10.5. The number of allylic oxidation sites excluding steroid dienone is 1. The Hall–Kier alpha value is -2.23. The third-order valence-corrected chi connectivity index (χ3v) is 2.47. The van der Waals surface area contributed by atoms with Crippen molar-refractivity contribution in [3.05, 3.63) is 42.4 Å². The highest BCUT2D eigenvalue weighted by Crippen LogP contribution is 2.13. The summed E-state index contributed by atoms with van der Waals surface area (Å²) in [5.41, 5.74) is 3.13. The van der Waals surface area contributed by atoms with Crippen LogP contribution in [-0.2, 0) is 0 Å². The summed E-state index contributed by atoms with van der Waals surface area (Å²) in [5, 5.41) is 10.6. The van der Waals surface area contributed by atoms with Gasteiger partial charge in [0.25, 0.3) is 0 Å². The predicted octanol–water partition coefficient (Wildman–Crippen LogP) is 2.62. The van der Waals surface area contributed by atoms with E-state index in [1.165, 1.54) is 6.21 Å². The van der Waals surface area contributed by atoms with Crippen molar-refractivity contribution >= 4 is 22.8 Å². The molecule has 1 aromatic carbocycles. The fourth-order valence-electron chi connectivity index (χ4n) is 1.54. The van der Waals surface area contributed by atoms with E-state index >= 15 is 0 Å². The fraction of sp³-hybridized carbons (Fsp3) is 0.214.